The van der Waals surface area contributed by atoms with Gasteiger partial charge in [-0.2, -0.15) is 5.26 Å². The first-order chi connectivity index (χ1) is 10.4. The molecule has 2 rings (SSSR count). The molecule has 1 heterocycles. The summed E-state index contributed by atoms with van der Waals surface area (Å²) in [7, 11) is 0. The molecule has 22 heavy (non-hydrogen) atoms. The highest BCUT2D eigenvalue weighted by Gasteiger charge is 2.21. The van der Waals surface area contributed by atoms with Crippen LogP contribution in [0.4, 0.5) is 5.69 Å². The van der Waals surface area contributed by atoms with E-state index < -0.39 is 5.41 Å². The number of amides is 1. The smallest absolute Gasteiger partial charge is 0.229 e. The molecule has 0 saturated heterocycles. The first-order valence-corrected chi connectivity index (χ1v) is 6.84. The average molecular weight is 295 g/mol. The summed E-state index contributed by atoms with van der Waals surface area (Å²) in [6.45, 7) is 5.53. The highest BCUT2D eigenvalue weighted by atomic mass is 16.5. The monoisotopic (exact) mass is 295 g/mol. The number of nitriles is 1. The largest absolute Gasteiger partial charge is 0.439 e. The van der Waals surface area contributed by atoms with Crippen LogP contribution in [0.3, 0.4) is 0 Å². The van der Waals surface area contributed by atoms with Crippen LogP contribution in [-0.4, -0.2) is 10.9 Å². The summed E-state index contributed by atoms with van der Waals surface area (Å²) in [4.78, 5) is 16.0. The number of aromatic nitrogens is 1. The first kappa shape index (κ1) is 15.5. The number of benzene rings is 1. The predicted molar refractivity (Wildman–Crippen MR) is 83.6 cm³/mol. The highest BCUT2D eigenvalue weighted by Crippen LogP contribution is 2.22. The average Bonchev–Trinajstić information content (AvgIpc) is 2.48. The quantitative estimate of drug-likeness (QED) is 0.936. The molecular weight excluding hydrogens is 278 g/mol. The molecule has 0 atom stereocenters. The normalized spacial score (nSPS) is 10.6. The van der Waals surface area contributed by atoms with Crippen molar-refractivity contribution < 1.29 is 9.53 Å². The van der Waals surface area contributed by atoms with Gasteiger partial charge >= 0.3 is 0 Å². The fourth-order valence-electron chi connectivity index (χ4n) is 1.58. The van der Waals surface area contributed by atoms with Gasteiger partial charge in [-0.25, -0.2) is 4.98 Å². The maximum absolute atomic E-state index is 11.9. The van der Waals surface area contributed by atoms with Crippen molar-refractivity contribution in [2.75, 3.05) is 5.32 Å². The third kappa shape index (κ3) is 4.06. The molecule has 112 valence electrons. The van der Waals surface area contributed by atoms with Crippen molar-refractivity contribution in [1.82, 2.24) is 4.98 Å². The van der Waals surface area contributed by atoms with E-state index in [1.54, 1.807) is 36.4 Å². The lowest BCUT2D eigenvalue weighted by atomic mass is 9.96. The molecule has 1 aromatic carbocycles. The van der Waals surface area contributed by atoms with Gasteiger partial charge in [0.2, 0.25) is 11.8 Å². The van der Waals surface area contributed by atoms with Gasteiger partial charge in [-0.3, -0.25) is 4.79 Å². The highest BCUT2D eigenvalue weighted by molar-refractivity contribution is 5.94. The lowest BCUT2D eigenvalue weighted by Gasteiger charge is -2.17. The molecular formula is C17H17N3O2. The number of anilines is 1. The zero-order valence-electron chi connectivity index (χ0n) is 12.8. The van der Waals surface area contributed by atoms with Crippen molar-refractivity contribution in [2.24, 2.45) is 5.41 Å². The molecule has 0 aliphatic heterocycles. The van der Waals surface area contributed by atoms with Crippen molar-refractivity contribution >= 4 is 11.6 Å². The molecule has 0 spiro atoms. The van der Waals surface area contributed by atoms with E-state index in [1.807, 2.05) is 20.8 Å². The molecule has 0 bridgehead atoms. The summed E-state index contributed by atoms with van der Waals surface area (Å²) in [6, 6.07) is 12.3. The molecule has 1 amide bonds. The minimum absolute atomic E-state index is 0.0790. The summed E-state index contributed by atoms with van der Waals surface area (Å²) in [6.07, 6.45) is 1.53. The van der Waals surface area contributed by atoms with Crippen LogP contribution >= 0.6 is 0 Å². The summed E-state index contributed by atoms with van der Waals surface area (Å²) < 4.78 is 5.57. The fraction of sp³-hybridized carbons (Fsp3) is 0.235. The minimum atomic E-state index is -0.465. The third-order valence-electron chi connectivity index (χ3n) is 2.86. The number of nitrogens with one attached hydrogen (secondary N) is 1. The van der Waals surface area contributed by atoms with Crippen LogP contribution in [0.25, 0.3) is 0 Å². The van der Waals surface area contributed by atoms with Gasteiger partial charge < -0.3 is 10.1 Å². The maximum Gasteiger partial charge on any atom is 0.229 e. The second-order valence-electron chi connectivity index (χ2n) is 5.83. The Labute approximate surface area is 129 Å². The summed E-state index contributed by atoms with van der Waals surface area (Å²) in [5, 5.41) is 11.6. The number of hydrogen-bond acceptors (Lipinski definition) is 4. The van der Waals surface area contributed by atoms with E-state index in [4.69, 9.17) is 10.00 Å². The van der Waals surface area contributed by atoms with E-state index in [0.29, 0.717) is 22.9 Å². The van der Waals surface area contributed by atoms with Crippen LogP contribution in [0, 0.1) is 16.7 Å². The standard InChI is InChI=1S/C17H17N3O2/c1-17(2,3)16(21)20-13-7-8-15(19-11-13)22-14-6-4-5-12(9-14)10-18/h4-9,11H,1-3H3,(H,20,21). The van der Waals surface area contributed by atoms with E-state index >= 15 is 0 Å². The van der Waals surface area contributed by atoms with E-state index in [-0.39, 0.29) is 5.91 Å². The maximum atomic E-state index is 11.9. The number of carbonyl (C=O) groups is 1. The van der Waals surface area contributed by atoms with Gasteiger partial charge in [-0.1, -0.05) is 26.8 Å². The molecule has 0 fully saturated rings. The Morgan fingerprint density at radius 2 is 2.05 bits per heavy atom. The summed E-state index contributed by atoms with van der Waals surface area (Å²) in [5.41, 5.74) is 0.664. The molecule has 0 unspecified atom stereocenters. The minimum Gasteiger partial charge on any atom is -0.439 e. The van der Waals surface area contributed by atoms with Gasteiger partial charge in [-0.05, 0) is 24.3 Å². The van der Waals surface area contributed by atoms with Gasteiger partial charge in [0.1, 0.15) is 5.75 Å². The van der Waals surface area contributed by atoms with E-state index in [2.05, 4.69) is 16.4 Å². The molecule has 1 aromatic heterocycles. The van der Waals surface area contributed by atoms with Gasteiger partial charge in [-0.15, -0.1) is 0 Å². The van der Waals surface area contributed by atoms with Crippen molar-refractivity contribution in [3.8, 4) is 17.7 Å². The fourth-order valence-corrected chi connectivity index (χ4v) is 1.58. The Hall–Kier alpha value is -2.87. The number of nitrogens with zero attached hydrogens (tertiary/aromatic N) is 2. The number of pyridine rings is 1. The molecule has 0 aliphatic carbocycles. The number of hydrogen-bond donors (Lipinski definition) is 1. The first-order valence-electron chi connectivity index (χ1n) is 6.84. The van der Waals surface area contributed by atoms with Crippen molar-refractivity contribution in [2.45, 2.75) is 20.8 Å². The molecule has 0 radical (unpaired) electrons. The second-order valence-corrected chi connectivity index (χ2v) is 5.83. The Morgan fingerprint density at radius 1 is 1.27 bits per heavy atom. The van der Waals surface area contributed by atoms with Crippen LogP contribution in [0.1, 0.15) is 26.3 Å². The Balaban J connectivity index is 2.06. The van der Waals surface area contributed by atoms with E-state index in [0.717, 1.165) is 0 Å². The lowest BCUT2D eigenvalue weighted by Crippen LogP contribution is -2.27. The van der Waals surface area contributed by atoms with Gasteiger partial charge in [0, 0.05) is 11.5 Å². The summed E-state index contributed by atoms with van der Waals surface area (Å²) >= 11 is 0. The Bertz CT molecular complexity index is 710. The lowest BCUT2D eigenvalue weighted by molar-refractivity contribution is -0.123. The molecule has 5 heteroatoms. The molecule has 1 N–H and O–H groups in total. The van der Waals surface area contributed by atoms with E-state index in [9.17, 15) is 4.79 Å². The summed E-state index contributed by atoms with van der Waals surface area (Å²) in [5.74, 6) is 0.853. The van der Waals surface area contributed by atoms with Crippen LogP contribution in [0.5, 0.6) is 11.6 Å². The Kier molecular flexibility index (Phi) is 4.42. The molecule has 0 aliphatic rings. The zero-order valence-corrected chi connectivity index (χ0v) is 12.8. The van der Waals surface area contributed by atoms with Crippen LogP contribution in [0.2, 0.25) is 0 Å². The van der Waals surface area contributed by atoms with Gasteiger partial charge in [0.25, 0.3) is 0 Å². The van der Waals surface area contributed by atoms with Crippen LogP contribution in [-0.2, 0) is 4.79 Å². The molecule has 0 saturated carbocycles. The van der Waals surface area contributed by atoms with Crippen LogP contribution in [0.15, 0.2) is 42.6 Å². The second kappa shape index (κ2) is 6.27. The van der Waals surface area contributed by atoms with Gasteiger partial charge in [0.15, 0.2) is 0 Å². The predicted octanol–water partition coefficient (Wildman–Crippen LogP) is 3.73. The number of rotatable bonds is 3. The van der Waals surface area contributed by atoms with Crippen molar-refractivity contribution in [3.63, 3.8) is 0 Å². The SMILES string of the molecule is CC(C)(C)C(=O)Nc1ccc(Oc2cccc(C#N)c2)nc1. The molecule has 2 aromatic rings. The zero-order chi connectivity index (χ0) is 16.2. The number of ether oxygens (including phenoxy) is 1. The number of carbonyl (C=O) groups excluding carboxylic acids is 1. The third-order valence-corrected chi connectivity index (χ3v) is 2.86. The van der Waals surface area contributed by atoms with Crippen molar-refractivity contribution in [1.29, 1.82) is 5.26 Å². The topological polar surface area (TPSA) is 75.0 Å². The van der Waals surface area contributed by atoms with Crippen molar-refractivity contribution in [3.05, 3.63) is 48.2 Å². The van der Waals surface area contributed by atoms with Gasteiger partial charge in [0.05, 0.1) is 23.5 Å². The molecule has 5 nitrogen and oxygen atoms in total. The van der Waals surface area contributed by atoms with Crippen LogP contribution < -0.4 is 10.1 Å². The van der Waals surface area contributed by atoms with E-state index in [1.165, 1.54) is 6.20 Å². The Morgan fingerprint density at radius 3 is 2.64 bits per heavy atom.